The summed E-state index contributed by atoms with van der Waals surface area (Å²) < 4.78 is 45.6. The molecule has 0 saturated carbocycles. The molecule has 4 nitrogen and oxygen atoms in total. The highest BCUT2D eigenvalue weighted by atomic mass is 19.4. The Morgan fingerprint density at radius 1 is 1.03 bits per heavy atom. The third-order valence-electron chi connectivity index (χ3n) is 8.51. The molecule has 3 aliphatic rings. The predicted octanol–water partition coefficient (Wildman–Crippen LogP) is 7.62. The maximum Gasteiger partial charge on any atom is 0.516 e. The molecule has 1 aromatic rings. The number of nitrogens with zero attached hydrogens (tertiary/aromatic N) is 2. The van der Waals surface area contributed by atoms with Gasteiger partial charge >= 0.3 is 12.3 Å². The smallest absolute Gasteiger partial charge is 0.414 e. The highest BCUT2D eigenvalue weighted by molar-refractivity contribution is 5.73. The van der Waals surface area contributed by atoms with E-state index in [0.717, 1.165) is 63.8 Å². The molecule has 7 heteroatoms. The number of rotatable bonds is 3. The van der Waals surface area contributed by atoms with Gasteiger partial charge < -0.3 is 4.74 Å². The lowest BCUT2D eigenvalue weighted by molar-refractivity contribution is -0.846. The highest BCUT2D eigenvalue weighted by Gasteiger charge is 2.47. The van der Waals surface area contributed by atoms with Crippen molar-refractivity contribution in [2.75, 3.05) is 33.2 Å². The predicted molar refractivity (Wildman–Crippen MR) is 145 cm³/mol. The SMILES string of the molecule is CC(C)(C)OC(=O)[N+]1(C)CCC(C)(N2CCC(=C(c3ccc(C(F)(F)F)cc3)C3C=CC=CC3)CC2)CC1. The average molecular weight is 532 g/mol. The summed E-state index contributed by atoms with van der Waals surface area (Å²) in [5.41, 5.74) is 2.33. The number of hydrogen-bond acceptors (Lipinski definition) is 3. The molecule has 4 rings (SSSR count). The average Bonchev–Trinajstić information content (AvgIpc) is 2.86. The molecular formula is C31H42F3N2O2+. The van der Waals surface area contributed by atoms with Crippen molar-refractivity contribution in [2.45, 2.75) is 77.1 Å². The summed E-state index contributed by atoms with van der Waals surface area (Å²) in [5.74, 6) is 0.176. The molecule has 2 saturated heterocycles. The van der Waals surface area contributed by atoms with Crippen molar-refractivity contribution >= 4 is 11.7 Å². The second kappa shape index (κ2) is 10.6. The fourth-order valence-electron chi connectivity index (χ4n) is 5.98. The first-order chi connectivity index (χ1) is 17.7. The summed E-state index contributed by atoms with van der Waals surface area (Å²) in [6.07, 6.45) is 8.39. The van der Waals surface area contributed by atoms with E-state index in [4.69, 9.17) is 4.74 Å². The fourth-order valence-corrected chi connectivity index (χ4v) is 5.98. The van der Waals surface area contributed by atoms with Crippen LogP contribution in [-0.4, -0.2) is 59.8 Å². The van der Waals surface area contributed by atoms with Crippen LogP contribution in [0, 0.1) is 5.92 Å². The van der Waals surface area contributed by atoms with Gasteiger partial charge in [0.2, 0.25) is 0 Å². The Bertz CT molecular complexity index is 1090. The van der Waals surface area contributed by atoms with Gasteiger partial charge in [0.05, 0.1) is 25.7 Å². The molecule has 0 spiro atoms. The topological polar surface area (TPSA) is 29.5 Å². The van der Waals surface area contributed by atoms with E-state index in [1.807, 2.05) is 40.0 Å². The fraction of sp³-hybridized carbons (Fsp3) is 0.581. The molecule has 0 aromatic heterocycles. The van der Waals surface area contributed by atoms with E-state index in [1.54, 1.807) is 12.1 Å². The zero-order chi connectivity index (χ0) is 27.8. The third-order valence-corrected chi connectivity index (χ3v) is 8.51. The molecule has 208 valence electrons. The lowest BCUT2D eigenvalue weighted by Crippen LogP contribution is -2.62. The molecule has 2 fully saturated rings. The number of hydrogen-bond donors (Lipinski definition) is 0. The van der Waals surface area contributed by atoms with Gasteiger partial charge in [0.25, 0.3) is 0 Å². The molecule has 38 heavy (non-hydrogen) atoms. The zero-order valence-electron chi connectivity index (χ0n) is 23.4. The van der Waals surface area contributed by atoms with Crippen molar-refractivity contribution < 1.29 is 27.2 Å². The molecule has 0 radical (unpaired) electrons. The van der Waals surface area contributed by atoms with E-state index in [1.165, 1.54) is 23.3 Å². The Labute approximate surface area is 225 Å². The first kappa shape index (κ1) is 28.6. The second-order valence-corrected chi connectivity index (χ2v) is 12.6. The number of benzene rings is 1. The summed E-state index contributed by atoms with van der Waals surface area (Å²) >= 11 is 0. The molecule has 1 atom stereocenters. The number of allylic oxidation sites excluding steroid dienone is 5. The number of likely N-dealkylation sites (tertiary alicyclic amines) is 2. The van der Waals surface area contributed by atoms with E-state index >= 15 is 0 Å². The second-order valence-electron chi connectivity index (χ2n) is 12.6. The lowest BCUT2D eigenvalue weighted by Gasteiger charge is -2.49. The van der Waals surface area contributed by atoms with Crippen LogP contribution in [0.4, 0.5) is 18.0 Å². The van der Waals surface area contributed by atoms with Crippen LogP contribution in [0.2, 0.25) is 0 Å². The molecule has 0 N–H and O–H groups in total. The Morgan fingerprint density at radius 2 is 1.63 bits per heavy atom. The van der Waals surface area contributed by atoms with Crippen molar-refractivity contribution in [1.29, 1.82) is 0 Å². The molecular weight excluding hydrogens is 489 g/mol. The molecule has 1 amide bonds. The van der Waals surface area contributed by atoms with Crippen LogP contribution < -0.4 is 0 Å². The summed E-state index contributed by atoms with van der Waals surface area (Å²) in [4.78, 5) is 15.4. The Hall–Kier alpha value is -2.38. The van der Waals surface area contributed by atoms with Crippen molar-refractivity contribution in [2.24, 2.45) is 5.92 Å². The summed E-state index contributed by atoms with van der Waals surface area (Å²) in [6.45, 7) is 11.4. The normalized spacial score (nSPS) is 28.8. The van der Waals surface area contributed by atoms with Gasteiger partial charge in [-0.15, -0.1) is 0 Å². The summed E-state index contributed by atoms with van der Waals surface area (Å²) in [5, 5.41) is 0. The van der Waals surface area contributed by atoms with Crippen LogP contribution in [-0.2, 0) is 10.9 Å². The number of alkyl halides is 3. The lowest BCUT2D eigenvalue weighted by atomic mass is 9.80. The van der Waals surface area contributed by atoms with E-state index < -0.39 is 17.3 Å². The Kier molecular flexibility index (Phi) is 8.02. The Morgan fingerprint density at radius 3 is 2.13 bits per heavy atom. The zero-order valence-corrected chi connectivity index (χ0v) is 23.4. The number of ether oxygens (including phenoxy) is 1. The number of quaternary nitrogens is 1. The number of piperidine rings is 2. The van der Waals surface area contributed by atoms with Crippen molar-refractivity contribution in [3.05, 3.63) is 65.3 Å². The minimum atomic E-state index is -4.33. The van der Waals surface area contributed by atoms with Crippen LogP contribution >= 0.6 is 0 Å². The Balaban J connectivity index is 1.48. The van der Waals surface area contributed by atoms with Gasteiger partial charge in [-0.2, -0.15) is 18.0 Å². The van der Waals surface area contributed by atoms with Crippen LogP contribution in [0.25, 0.3) is 5.57 Å². The molecule has 2 aliphatic heterocycles. The van der Waals surface area contributed by atoms with Crippen LogP contribution in [0.3, 0.4) is 0 Å². The molecule has 1 aromatic carbocycles. The van der Waals surface area contributed by atoms with Gasteiger partial charge in [-0.25, -0.2) is 4.48 Å². The van der Waals surface area contributed by atoms with Gasteiger partial charge in [-0.3, -0.25) is 4.90 Å². The monoisotopic (exact) mass is 531 g/mol. The maximum atomic E-state index is 13.2. The summed E-state index contributed by atoms with van der Waals surface area (Å²) in [6, 6.07) is 5.69. The highest BCUT2D eigenvalue weighted by Crippen LogP contribution is 2.40. The molecule has 2 heterocycles. The van der Waals surface area contributed by atoms with Crippen LogP contribution in [0.5, 0.6) is 0 Å². The van der Waals surface area contributed by atoms with Gasteiger partial charge in [-0.1, -0.05) is 42.0 Å². The third kappa shape index (κ3) is 6.42. The quantitative estimate of drug-likeness (QED) is 0.376. The maximum absolute atomic E-state index is 13.2. The minimum Gasteiger partial charge on any atom is -0.414 e. The number of halogens is 3. The van der Waals surface area contributed by atoms with Crippen molar-refractivity contribution in [3.63, 3.8) is 0 Å². The van der Waals surface area contributed by atoms with Gasteiger partial charge in [0.15, 0.2) is 0 Å². The number of carbonyl (C=O) groups is 1. The number of amides is 1. The molecule has 0 bridgehead atoms. The van der Waals surface area contributed by atoms with Crippen LogP contribution in [0.1, 0.15) is 70.9 Å². The number of carbonyl (C=O) groups excluding carboxylic acids is 1. The largest absolute Gasteiger partial charge is 0.516 e. The van der Waals surface area contributed by atoms with Gasteiger partial charge in [0, 0.05) is 37.4 Å². The summed E-state index contributed by atoms with van der Waals surface area (Å²) in [7, 11) is 1.98. The van der Waals surface area contributed by atoms with E-state index in [2.05, 4.69) is 24.0 Å². The first-order valence-corrected chi connectivity index (χ1v) is 13.8. The van der Waals surface area contributed by atoms with Crippen molar-refractivity contribution in [1.82, 2.24) is 4.90 Å². The van der Waals surface area contributed by atoms with E-state index in [-0.39, 0.29) is 17.6 Å². The molecule has 1 aliphatic carbocycles. The standard InChI is InChI=1S/C31H42F3N2O2/c1-29(2,3)38-28(37)36(5)21-17-30(4,18-22-36)35-19-15-25(16-20-35)27(23-9-7-6-8-10-23)24-11-13-26(14-12-24)31(32,33)34/h6-9,11-14,23H,10,15-22H2,1-5H3/q+1. The van der Waals surface area contributed by atoms with Crippen molar-refractivity contribution in [3.8, 4) is 0 Å². The first-order valence-electron chi connectivity index (χ1n) is 13.8. The minimum absolute atomic E-state index is 0.0211. The van der Waals surface area contributed by atoms with E-state index in [9.17, 15) is 18.0 Å². The van der Waals surface area contributed by atoms with Gasteiger partial charge in [-0.05, 0) is 70.2 Å². The molecule has 1 unspecified atom stereocenters. The van der Waals surface area contributed by atoms with Gasteiger partial charge in [0.1, 0.15) is 5.60 Å². The van der Waals surface area contributed by atoms with E-state index in [0.29, 0.717) is 4.48 Å². The van der Waals surface area contributed by atoms with Crippen LogP contribution in [0.15, 0.2) is 54.1 Å².